The summed E-state index contributed by atoms with van der Waals surface area (Å²) in [6.07, 6.45) is 34.6. The fraction of sp³-hybridized carbons (Fsp3) is 0.736. The molecule has 0 radical (unpaired) electrons. The number of hydrogen-bond acceptors (Lipinski definition) is 4. The molecule has 0 aliphatic carbocycles. The number of benzene rings is 2. The summed E-state index contributed by atoms with van der Waals surface area (Å²) < 4.78 is 0. The number of carbonyl (C=O) groups excluding carboxylic acids is 2. The van der Waals surface area contributed by atoms with E-state index >= 15 is 0 Å². The van der Waals surface area contributed by atoms with Crippen molar-refractivity contribution in [2.45, 2.75) is 201 Å². The first-order valence-electron chi connectivity index (χ1n) is 25.7. The molecule has 0 atom stereocenters. The molecular weight excluding hydrogens is 753 g/mol. The van der Waals surface area contributed by atoms with E-state index in [1.807, 2.05) is 24.3 Å². The molecule has 0 aliphatic rings. The zero-order valence-corrected chi connectivity index (χ0v) is 40.1. The molecule has 0 aliphatic heterocycles. The predicted molar refractivity (Wildman–Crippen MR) is 265 cm³/mol. The minimum Gasteiger partial charge on any atom is -0.338 e. The number of carbonyl (C=O) groups is 2. The van der Waals surface area contributed by atoms with Crippen molar-refractivity contribution in [3.8, 4) is 0 Å². The largest absolute Gasteiger partial charge is 0.338 e. The summed E-state index contributed by atoms with van der Waals surface area (Å²) in [6.45, 7) is 17.3. The number of nitrogens with one attached hydrogen (secondary N) is 4. The molecule has 0 saturated carbocycles. The summed E-state index contributed by atoms with van der Waals surface area (Å²) in [4.78, 5) is 30.7. The smallest absolute Gasteiger partial charge is 0.319 e. The highest BCUT2D eigenvalue weighted by Crippen LogP contribution is 2.17. The van der Waals surface area contributed by atoms with Gasteiger partial charge < -0.3 is 31.1 Å². The number of unbranched alkanes of at least 4 members (excludes halogenated alkanes) is 20. The highest BCUT2D eigenvalue weighted by molar-refractivity contribution is 5.89. The fourth-order valence-corrected chi connectivity index (χ4v) is 8.14. The lowest BCUT2D eigenvalue weighted by Crippen LogP contribution is -2.33. The molecule has 0 aromatic heterocycles. The van der Waals surface area contributed by atoms with Gasteiger partial charge in [0.15, 0.2) is 0 Å². The first-order valence-corrected chi connectivity index (χ1v) is 25.7. The maximum absolute atomic E-state index is 12.7. The molecule has 2 aromatic rings. The van der Waals surface area contributed by atoms with Gasteiger partial charge in [-0.3, -0.25) is 0 Å². The first kappa shape index (κ1) is 54.0. The van der Waals surface area contributed by atoms with Gasteiger partial charge in [-0.1, -0.05) is 180 Å². The maximum Gasteiger partial charge on any atom is 0.319 e. The van der Waals surface area contributed by atoms with E-state index in [4.69, 9.17) is 0 Å². The van der Waals surface area contributed by atoms with Crippen LogP contribution in [0.5, 0.6) is 0 Å². The molecule has 0 bridgehead atoms. The molecule has 0 fully saturated rings. The number of amides is 4. The topological polar surface area (TPSA) is 88.7 Å². The lowest BCUT2D eigenvalue weighted by molar-refractivity contribution is 0.244. The Hall–Kier alpha value is -3.10. The zero-order valence-electron chi connectivity index (χ0n) is 40.1. The quantitative estimate of drug-likeness (QED) is 0.0503. The third-order valence-corrected chi connectivity index (χ3v) is 12.0. The standard InChI is InChI=1S/C53H94N6O2/c1-5-9-13-17-21-25-41-58(42-26-22-18-14-10-6-2)45-29-39-54-52(60)56-50-35-31-48(32-36-50)47-49-33-37-51(38-34-49)57-53(61)55-40-30-46-59(43-27-23-19-15-11-7-3)44-28-24-20-16-12-8-4/h31-38H,5-30,39-47H2,1-4H3,(H2,54,56,60)(H2,55,57,61). The van der Waals surface area contributed by atoms with Crippen LogP contribution >= 0.6 is 0 Å². The summed E-state index contributed by atoms with van der Waals surface area (Å²) in [6, 6.07) is 15.9. The summed E-state index contributed by atoms with van der Waals surface area (Å²) in [7, 11) is 0. The molecule has 2 rings (SSSR count). The van der Waals surface area contributed by atoms with Crippen LogP contribution in [-0.4, -0.2) is 74.2 Å². The SMILES string of the molecule is CCCCCCCCN(CCCCCCCC)CCCNC(=O)Nc1ccc(Cc2ccc(NC(=O)NCCCN(CCCCCCCC)CCCCCCCC)cc2)cc1. The van der Waals surface area contributed by atoms with Crippen LogP contribution in [0, 0.1) is 0 Å². The first-order chi connectivity index (χ1) is 30.0. The number of nitrogens with zero attached hydrogens (tertiary/aromatic N) is 2. The van der Waals surface area contributed by atoms with Crippen LogP contribution in [0.25, 0.3) is 0 Å². The van der Waals surface area contributed by atoms with Crippen molar-refractivity contribution in [3.63, 3.8) is 0 Å². The van der Waals surface area contributed by atoms with Crippen LogP contribution in [-0.2, 0) is 6.42 Å². The molecule has 348 valence electrons. The molecule has 0 saturated heterocycles. The Morgan fingerprint density at radius 3 is 0.918 bits per heavy atom. The highest BCUT2D eigenvalue weighted by Gasteiger charge is 2.09. The van der Waals surface area contributed by atoms with E-state index < -0.39 is 0 Å². The molecule has 8 nitrogen and oxygen atoms in total. The second-order valence-corrected chi connectivity index (χ2v) is 17.8. The third-order valence-electron chi connectivity index (χ3n) is 12.0. The van der Waals surface area contributed by atoms with E-state index in [0.29, 0.717) is 13.1 Å². The Kier molecular flexibility index (Phi) is 34.2. The van der Waals surface area contributed by atoms with Gasteiger partial charge in [-0.25, -0.2) is 9.59 Å². The van der Waals surface area contributed by atoms with E-state index in [0.717, 1.165) is 43.7 Å². The molecule has 0 unspecified atom stereocenters. The van der Waals surface area contributed by atoms with Crippen molar-refractivity contribution in [2.75, 3.05) is 63.0 Å². The Morgan fingerprint density at radius 1 is 0.361 bits per heavy atom. The highest BCUT2D eigenvalue weighted by atomic mass is 16.2. The Bertz CT molecular complexity index is 1170. The Balaban J connectivity index is 1.68. The van der Waals surface area contributed by atoms with Gasteiger partial charge in [0, 0.05) is 24.5 Å². The molecule has 0 heterocycles. The maximum atomic E-state index is 12.7. The van der Waals surface area contributed by atoms with E-state index in [1.165, 1.54) is 191 Å². The zero-order chi connectivity index (χ0) is 43.9. The van der Waals surface area contributed by atoms with E-state index in [2.05, 4.69) is 83.0 Å². The molecule has 8 heteroatoms. The van der Waals surface area contributed by atoms with Crippen LogP contribution in [0.1, 0.15) is 206 Å². The number of rotatable bonds is 40. The van der Waals surface area contributed by atoms with Gasteiger partial charge in [-0.05, 0) is 120 Å². The minimum atomic E-state index is -0.146. The van der Waals surface area contributed by atoms with Crippen molar-refractivity contribution in [3.05, 3.63) is 59.7 Å². The Labute approximate surface area is 375 Å². The summed E-state index contributed by atoms with van der Waals surface area (Å²) in [5, 5.41) is 12.2. The third kappa shape index (κ3) is 30.6. The molecule has 4 amide bonds. The van der Waals surface area contributed by atoms with Gasteiger partial charge in [-0.15, -0.1) is 0 Å². The van der Waals surface area contributed by atoms with Crippen LogP contribution in [0.2, 0.25) is 0 Å². The van der Waals surface area contributed by atoms with Crippen LogP contribution < -0.4 is 21.3 Å². The van der Waals surface area contributed by atoms with Crippen molar-refractivity contribution in [2.24, 2.45) is 0 Å². The van der Waals surface area contributed by atoms with Gasteiger partial charge in [0.1, 0.15) is 0 Å². The lowest BCUT2D eigenvalue weighted by Gasteiger charge is -2.22. The fourth-order valence-electron chi connectivity index (χ4n) is 8.14. The second-order valence-electron chi connectivity index (χ2n) is 17.8. The monoisotopic (exact) mass is 847 g/mol. The summed E-state index contributed by atoms with van der Waals surface area (Å²) >= 11 is 0. The van der Waals surface area contributed by atoms with Crippen LogP contribution in [0.15, 0.2) is 48.5 Å². The van der Waals surface area contributed by atoms with Gasteiger partial charge >= 0.3 is 12.1 Å². The molecule has 61 heavy (non-hydrogen) atoms. The van der Waals surface area contributed by atoms with E-state index in [-0.39, 0.29) is 12.1 Å². The van der Waals surface area contributed by atoms with Crippen LogP contribution in [0.4, 0.5) is 21.0 Å². The molecule has 2 aromatic carbocycles. The van der Waals surface area contributed by atoms with Gasteiger partial charge in [0.05, 0.1) is 0 Å². The molecule has 4 N–H and O–H groups in total. The molecule has 0 spiro atoms. The average Bonchev–Trinajstić information content (AvgIpc) is 3.26. The number of hydrogen-bond donors (Lipinski definition) is 4. The van der Waals surface area contributed by atoms with E-state index in [1.54, 1.807) is 0 Å². The van der Waals surface area contributed by atoms with Gasteiger partial charge in [0.25, 0.3) is 0 Å². The van der Waals surface area contributed by atoms with Crippen molar-refractivity contribution < 1.29 is 9.59 Å². The normalized spacial score (nSPS) is 11.4. The molecular formula is C53H94N6O2. The van der Waals surface area contributed by atoms with E-state index in [9.17, 15) is 9.59 Å². The van der Waals surface area contributed by atoms with Crippen LogP contribution in [0.3, 0.4) is 0 Å². The van der Waals surface area contributed by atoms with Crippen molar-refractivity contribution in [1.82, 2.24) is 20.4 Å². The minimum absolute atomic E-state index is 0.146. The van der Waals surface area contributed by atoms with Crippen molar-refractivity contribution >= 4 is 23.4 Å². The number of urea groups is 2. The predicted octanol–water partition coefficient (Wildman–Crippen LogP) is 14.3. The van der Waals surface area contributed by atoms with Crippen molar-refractivity contribution in [1.29, 1.82) is 0 Å². The van der Waals surface area contributed by atoms with Gasteiger partial charge in [-0.2, -0.15) is 0 Å². The average molecular weight is 847 g/mol. The van der Waals surface area contributed by atoms with Gasteiger partial charge in [0.2, 0.25) is 0 Å². The Morgan fingerprint density at radius 2 is 0.623 bits per heavy atom. The lowest BCUT2D eigenvalue weighted by atomic mass is 10.0. The summed E-state index contributed by atoms with van der Waals surface area (Å²) in [5.41, 5.74) is 3.93. The number of anilines is 2. The second kappa shape index (κ2) is 38.6. The summed E-state index contributed by atoms with van der Waals surface area (Å²) in [5.74, 6) is 0.